The summed E-state index contributed by atoms with van der Waals surface area (Å²) >= 11 is 3.52. The minimum Gasteiger partial charge on any atom is -0.370 e. The fourth-order valence-corrected chi connectivity index (χ4v) is 3.07. The molecule has 3 heterocycles. The Morgan fingerprint density at radius 2 is 2.06 bits per heavy atom. The Kier molecular flexibility index (Phi) is 2.77. The Hall–Kier alpha value is -0.390. The molecule has 2 aliphatic rings. The number of likely N-dealkylation sites (tertiary alicyclic amines) is 1. The predicted molar refractivity (Wildman–Crippen MR) is 64.2 cm³/mol. The summed E-state index contributed by atoms with van der Waals surface area (Å²) < 4.78 is 8.65. The van der Waals surface area contributed by atoms with Crippen LogP contribution in [0.15, 0.2) is 4.60 Å². The molecule has 1 saturated heterocycles. The summed E-state index contributed by atoms with van der Waals surface area (Å²) in [5, 5.41) is 4.62. The molecule has 1 aromatic heterocycles. The van der Waals surface area contributed by atoms with Crippen molar-refractivity contribution in [1.82, 2.24) is 14.7 Å². The lowest BCUT2D eigenvalue weighted by Gasteiger charge is -2.29. The van der Waals surface area contributed by atoms with Crippen LogP contribution in [0.1, 0.15) is 30.1 Å². The molecule has 3 rings (SSSR count). The third-order valence-corrected chi connectivity index (χ3v) is 4.23. The van der Waals surface area contributed by atoms with Gasteiger partial charge in [0.2, 0.25) is 0 Å². The summed E-state index contributed by atoms with van der Waals surface area (Å²) in [5.74, 6) is 0. The van der Waals surface area contributed by atoms with Crippen LogP contribution in [0.5, 0.6) is 0 Å². The summed E-state index contributed by atoms with van der Waals surface area (Å²) in [4.78, 5) is 2.38. The zero-order valence-electron chi connectivity index (χ0n) is 9.45. The molecule has 0 unspecified atom stereocenters. The van der Waals surface area contributed by atoms with Gasteiger partial charge in [-0.1, -0.05) is 0 Å². The van der Waals surface area contributed by atoms with Crippen LogP contribution in [0.4, 0.5) is 0 Å². The molecule has 0 N–H and O–H groups in total. The average molecular weight is 286 g/mol. The summed E-state index contributed by atoms with van der Waals surface area (Å²) in [6, 6.07) is 0.554. The first-order chi connectivity index (χ1) is 7.75. The van der Waals surface area contributed by atoms with Gasteiger partial charge in [0.1, 0.15) is 4.60 Å². The van der Waals surface area contributed by atoms with Crippen LogP contribution in [0.2, 0.25) is 0 Å². The molecule has 16 heavy (non-hydrogen) atoms. The van der Waals surface area contributed by atoms with Crippen molar-refractivity contribution in [1.29, 1.82) is 0 Å². The first-order valence-corrected chi connectivity index (χ1v) is 6.57. The predicted octanol–water partition coefficient (Wildman–Crippen LogP) is 1.94. The first-order valence-electron chi connectivity index (χ1n) is 5.78. The first kappa shape index (κ1) is 10.7. The molecule has 88 valence electrons. The van der Waals surface area contributed by atoms with Gasteiger partial charge in [-0.25, -0.2) is 0 Å². The molecule has 5 heteroatoms. The van der Waals surface area contributed by atoms with E-state index in [0.717, 1.165) is 24.3 Å². The highest BCUT2D eigenvalue weighted by atomic mass is 79.9. The number of ether oxygens (including phenoxy) is 1. The third-order valence-electron chi connectivity index (χ3n) is 3.59. The number of rotatable bonds is 1. The monoisotopic (exact) mass is 285 g/mol. The highest BCUT2D eigenvalue weighted by Crippen LogP contribution is 2.32. The molecule has 0 saturated carbocycles. The number of nitrogens with zero attached hydrogens (tertiary/aromatic N) is 3. The van der Waals surface area contributed by atoms with Crippen LogP contribution in [0.3, 0.4) is 0 Å². The molecule has 0 spiro atoms. The van der Waals surface area contributed by atoms with E-state index in [4.69, 9.17) is 4.74 Å². The third kappa shape index (κ3) is 1.71. The van der Waals surface area contributed by atoms with Crippen LogP contribution in [0, 0.1) is 0 Å². The van der Waals surface area contributed by atoms with Crippen LogP contribution in [-0.2, 0) is 18.0 Å². The normalized spacial score (nSPS) is 22.6. The summed E-state index contributed by atoms with van der Waals surface area (Å²) in [6.07, 6.45) is 2.38. The standard InChI is InChI=1S/C11H16BrN3O/c1-14-4-2-8(3-5-14)15-10-7-16-6-9(10)11(12)13-15/h8H,2-7H2,1H3. The van der Waals surface area contributed by atoms with Gasteiger partial charge in [0.15, 0.2) is 0 Å². The van der Waals surface area contributed by atoms with Crippen molar-refractivity contribution in [3.63, 3.8) is 0 Å². The number of fused-ring (bicyclic) bond motifs is 1. The second-order valence-electron chi connectivity index (χ2n) is 4.69. The van der Waals surface area contributed by atoms with E-state index in [2.05, 4.69) is 37.7 Å². The van der Waals surface area contributed by atoms with Crippen molar-refractivity contribution in [3.05, 3.63) is 15.9 Å². The van der Waals surface area contributed by atoms with E-state index in [9.17, 15) is 0 Å². The summed E-state index contributed by atoms with van der Waals surface area (Å²) in [6.45, 7) is 3.76. The average Bonchev–Trinajstić information content (AvgIpc) is 2.84. The van der Waals surface area contributed by atoms with Gasteiger partial charge in [-0.15, -0.1) is 0 Å². The van der Waals surface area contributed by atoms with Gasteiger partial charge in [-0.2, -0.15) is 5.10 Å². The van der Waals surface area contributed by atoms with E-state index >= 15 is 0 Å². The maximum atomic E-state index is 5.49. The van der Waals surface area contributed by atoms with Crippen LogP contribution in [-0.4, -0.2) is 34.8 Å². The molecular weight excluding hydrogens is 270 g/mol. The molecule has 2 aliphatic heterocycles. The topological polar surface area (TPSA) is 30.3 Å². The second-order valence-corrected chi connectivity index (χ2v) is 5.44. The van der Waals surface area contributed by atoms with E-state index in [1.54, 1.807) is 0 Å². The van der Waals surface area contributed by atoms with Crippen molar-refractivity contribution >= 4 is 15.9 Å². The lowest BCUT2D eigenvalue weighted by Crippen LogP contribution is -2.32. The Bertz CT molecular complexity index is 396. The minimum absolute atomic E-state index is 0.554. The quantitative estimate of drug-likeness (QED) is 0.790. The summed E-state index contributed by atoms with van der Waals surface area (Å²) in [7, 11) is 2.18. The fraction of sp³-hybridized carbons (Fsp3) is 0.727. The number of hydrogen-bond donors (Lipinski definition) is 0. The smallest absolute Gasteiger partial charge is 0.134 e. The SMILES string of the molecule is CN1CCC(n2nc(Br)c3c2COC3)CC1. The van der Waals surface area contributed by atoms with E-state index in [1.165, 1.54) is 24.1 Å². The second kappa shape index (κ2) is 4.13. The van der Waals surface area contributed by atoms with Gasteiger partial charge < -0.3 is 9.64 Å². The Balaban J connectivity index is 1.87. The maximum absolute atomic E-state index is 5.49. The summed E-state index contributed by atoms with van der Waals surface area (Å²) in [5.41, 5.74) is 2.53. The van der Waals surface area contributed by atoms with E-state index in [0.29, 0.717) is 12.6 Å². The van der Waals surface area contributed by atoms with Gasteiger partial charge in [0.25, 0.3) is 0 Å². The molecule has 0 aliphatic carbocycles. The van der Waals surface area contributed by atoms with Crippen molar-refractivity contribution in [3.8, 4) is 0 Å². The number of halogens is 1. The lowest BCUT2D eigenvalue weighted by molar-refractivity contribution is 0.124. The van der Waals surface area contributed by atoms with Crippen molar-refractivity contribution in [2.75, 3.05) is 20.1 Å². The Morgan fingerprint density at radius 1 is 1.31 bits per heavy atom. The van der Waals surface area contributed by atoms with Crippen LogP contribution >= 0.6 is 15.9 Å². The highest BCUT2D eigenvalue weighted by Gasteiger charge is 2.27. The van der Waals surface area contributed by atoms with Crippen LogP contribution in [0.25, 0.3) is 0 Å². The lowest BCUT2D eigenvalue weighted by atomic mass is 10.1. The highest BCUT2D eigenvalue weighted by molar-refractivity contribution is 9.10. The molecule has 0 bridgehead atoms. The van der Waals surface area contributed by atoms with Crippen molar-refractivity contribution in [2.45, 2.75) is 32.1 Å². The fourth-order valence-electron chi connectivity index (χ4n) is 2.56. The van der Waals surface area contributed by atoms with Crippen LogP contribution < -0.4 is 0 Å². The van der Waals surface area contributed by atoms with Gasteiger partial charge in [0.05, 0.1) is 24.9 Å². The molecule has 4 nitrogen and oxygen atoms in total. The van der Waals surface area contributed by atoms with E-state index < -0.39 is 0 Å². The zero-order valence-corrected chi connectivity index (χ0v) is 11.0. The molecule has 1 aromatic rings. The van der Waals surface area contributed by atoms with Gasteiger partial charge in [0, 0.05) is 5.56 Å². The van der Waals surface area contributed by atoms with E-state index in [-0.39, 0.29) is 0 Å². The Morgan fingerprint density at radius 3 is 2.81 bits per heavy atom. The van der Waals surface area contributed by atoms with E-state index in [1.807, 2.05) is 0 Å². The molecule has 0 aromatic carbocycles. The number of hydrogen-bond acceptors (Lipinski definition) is 3. The van der Waals surface area contributed by atoms with Gasteiger partial charge >= 0.3 is 0 Å². The van der Waals surface area contributed by atoms with Crippen molar-refractivity contribution in [2.24, 2.45) is 0 Å². The van der Waals surface area contributed by atoms with Gasteiger partial charge in [-0.3, -0.25) is 4.68 Å². The molecule has 1 fully saturated rings. The molecule has 0 radical (unpaired) electrons. The number of piperidine rings is 1. The van der Waals surface area contributed by atoms with Crippen molar-refractivity contribution < 1.29 is 4.74 Å². The number of aromatic nitrogens is 2. The molecular formula is C11H16BrN3O. The largest absolute Gasteiger partial charge is 0.370 e. The minimum atomic E-state index is 0.554. The molecule has 0 atom stereocenters. The maximum Gasteiger partial charge on any atom is 0.134 e. The molecule has 0 amide bonds. The zero-order chi connectivity index (χ0) is 11.1. The van der Waals surface area contributed by atoms with Gasteiger partial charge in [-0.05, 0) is 48.9 Å². The Labute approximate surface area is 104 Å².